The van der Waals surface area contributed by atoms with E-state index in [2.05, 4.69) is 42.1 Å². The van der Waals surface area contributed by atoms with Crippen molar-refractivity contribution in [1.82, 2.24) is 19.6 Å². The Bertz CT molecular complexity index is 1660. The second kappa shape index (κ2) is 15.8. The average molecular weight is 840 g/mol. The maximum Gasteiger partial charge on any atom is 0.410 e. The Balaban J connectivity index is 1.07. The molecule has 15 heteroatoms. The third-order valence-electron chi connectivity index (χ3n) is 10.7. The molecule has 4 aliphatic rings. The van der Waals surface area contributed by atoms with Crippen molar-refractivity contribution < 1.29 is 32.6 Å². The van der Waals surface area contributed by atoms with Gasteiger partial charge >= 0.3 is 12.1 Å². The number of carbonyl (C=O) groups is 3. The molecule has 0 bridgehead atoms. The van der Waals surface area contributed by atoms with Crippen LogP contribution >= 0.6 is 31.9 Å². The average Bonchev–Trinajstić information content (AvgIpc) is 3.27. The lowest BCUT2D eigenvalue weighted by atomic mass is 9.98. The lowest BCUT2D eigenvalue weighted by molar-refractivity contribution is -0.142. The summed E-state index contributed by atoms with van der Waals surface area (Å²) < 4.78 is 31.0. The summed E-state index contributed by atoms with van der Waals surface area (Å²) in [5, 5.41) is 13.0. The number of urea groups is 1. The standard InChI is InChI=1S/C35H45Br2N5O7S/c1-50(47,48)27-11-17-39(18-12-27)25-7-13-40(14-8-25)33(44)31(22-23-20-28(36)32(43)29(37)21-23)49-35(46)41-15-9-26(10-16-41)42-19-6-24-4-2-3-5-30(24)38-34(42)45/h2-5,20-21,25-27,31,43H,6-19,22H2,1H3,(H,38,45)/t31-/m1/s1. The maximum absolute atomic E-state index is 14.0. The lowest BCUT2D eigenvalue weighted by Crippen LogP contribution is -2.53. The summed E-state index contributed by atoms with van der Waals surface area (Å²) in [4.78, 5) is 48.3. The highest BCUT2D eigenvalue weighted by Gasteiger charge is 2.37. The highest BCUT2D eigenvalue weighted by molar-refractivity contribution is 9.11. The molecule has 3 saturated heterocycles. The Morgan fingerprint density at radius 3 is 2.14 bits per heavy atom. The van der Waals surface area contributed by atoms with Crippen molar-refractivity contribution in [2.75, 3.05) is 57.4 Å². The Morgan fingerprint density at radius 1 is 0.900 bits per heavy atom. The molecule has 4 heterocycles. The number of fused-ring (bicyclic) bond motifs is 1. The zero-order valence-corrected chi connectivity index (χ0v) is 32.2. The molecule has 0 spiro atoms. The molecule has 272 valence electrons. The molecule has 4 amide bonds. The van der Waals surface area contributed by atoms with Gasteiger partial charge in [0.1, 0.15) is 15.6 Å². The Labute approximate surface area is 310 Å². The second-order valence-corrected chi connectivity index (χ2v) is 17.9. The van der Waals surface area contributed by atoms with Crippen LogP contribution in [-0.2, 0) is 32.2 Å². The summed E-state index contributed by atoms with van der Waals surface area (Å²) in [6, 6.07) is 11.4. The van der Waals surface area contributed by atoms with Crippen molar-refractivity contribution in [3.05, 3.63) is 56.5 Å². The van der Waals surface area contributed by atoms with Crippen LogP contribution in [0.15, 0.2) is 45.3 Å². The molecule has 0 saturated carbocycles. The molecule has 2 aromatic rings. The summed E-state index contributed by atoms with van der Waals surface area (Å²) >= 11 is 6.73. The number of anilines is 1. The minimum Gasteiger partial charge on any atom is -0.506 e. The number of benzene rings is 2. The van der Waals surface area contributed by atoms with Crippen LogP contribution in [0.25, 0.3) is 0 Å². The van der Waals surface area contributed by atoms with Crippen LogP contribution in [-0.4, -0.2) is 127 Å². The van der Waals surface area contributed by atoms with Crippen LogP contribution in [0.3, 0.4) is 0 Å². The number of halogens is 2. The van der Waals surface area contributed by atoms with Gasteiger partial charge in [-0.3, -0.25) is 4.79 Å². The normalized spacial score (nSPS) is 20.9. The monoisotopic (exact) mass is 837 g/mol. The number of ether oxygens (including phenoxy) is 1. The number of sulfone groups is 1. The third kappa shape index (κ3) is 8.59. The number of piperidine rings is 3. The second-order valence-electron chi connectivity index (χ2n) is 13.9. The summed E-state index contributed by atoms with van der Waals surface area (Å²) in [6.07, 6.45) is 4.55. The summed E-state index contributed by atoms with van der Waals surface area (Å²) in [7, 11) is -3.04. The summed E-state index contributed by atoms with van der Waals surface area (Å²) in [5.41, 5.74) is 2.65. The van der Waals surface area contributed by atoms with E-state index >= 15 is 0 Å². The lowest BCUT2D eigenvalue weighted by Gasteiger charge is -2.42. The Kier molecular flexibility index (Phi) is 11.6. The molecule has 1 atom stereocenters. The van der Waals surface area contributed by atoms with E-state index in [9.17, 15) is 27.9 Å². The fourth-order valence-corrected chi connectivity index (χ4v) is 10.1. The van der Waals surface area contributed by atoms with Crippen molar-refractivity contribution >= 4 is 65.4 Å². The predicted octanol–water partition coefficient (Wildman–Crippen LogP) is 5.02. The summed E-state index contributed by atoms with van der Waals surface area (Å²) in [5.74, 6) is -0.218. The van der Waals surface area contributed by atoms with Crippen LogP contribution in [0.1, 0.15) is 49.7 Å². The molecule has 2 aromatic carbocycles. The molecule has 0 aliphatic carbocycles. The number of hydrogen-bond donors (Lipinski definition) is 2. The van der Waals surface area contributed by atoms with Gasteiger partial charge in [-0.15, -0.1) is 0 Å². The van der Waals surface area contributed by atoms with E-state index in [-0.39, 0.29) is 41.4 Å². The third-order valence-corrected chi connectivity index (χ3v) is 13.6. The number of nitrogens with zero attached hydrogens (tertiary/aromatic N) is 4. The van der Waals surface area contributed by atoms with E-state index < -0.39 is 22.0 Å². The first-order valence-corrected chi connectivity index (χ1v) is 20.9. The number of phenols is 1. The van der Waals surface area contributed by atoms with E-state index in [0.717, 1.165) is 43.6 Å². The van der Waals surface area contributed by atoms with Gasteiger partial charge in [-0.1, -0.05) is 18.2 Å². The number of nitrogens with one attached hydrogen (secondary N) is 1. The number of carbonyl (C=O) groups excluding carboxylic acids is 3. The Morgan fingerprint density at radius 2 is 1.50 bits per heavy atom. The van der Waals surface area contributed by atoms with Crippen molar-refractivity contribution in [3.8, 4) is 5.75 Å². The van der Waals surface area contributed by atoms with E-state index in [1.54, 1.807) is 21.9 Å². The molecule has 3 fully saturated rings. The van der Waals surface area contributed by atoms with E-state index in [1.165, 1.54) is 6.26 Å². The van der Waals surface area contributed by atoms with E-state index in [4.69, 9.17) is 4.74 Å². The predicted molar refractivity (Wildman–Crippen MR) is 197 cm³/mol. The van der Waals surface area contributed by atoms with E-state index in [0.29, 0.717) is 72.9 Å². The van der Waals surface area contributed by atoms with Gasteiger partial charge in [0.05, 0.1) is 14.2 Å². The zero-order chi connectivity index (χ0) is 35.6. The summed E-state index contributed by atoms with van der Waals surface area (Å²) in [6.45, 7) is 3.89. The fourth-order valence-electron chi connectivity index (χ4n) is 7.75. The molecular formula is C35H45Br2N5O7S. The number of para-hydroxylation sites is 1. The highest BCUT2D eigenvalue weighted by atomic mass is 79.9. The van der Waals surface area contributed by atoms with Crippen molar-refractivity contribution in [2.24, 2.45) is 0 Å². The quantitative estimate of drug-likeness (QED) is 0.397. The number of phenolic OH excluding ortho intramolecular Hbond substituents is 1. The Hall–Kier alpha value is -2.88. The van der Waals surface area contributed by atoms with Crippen molar-refractivity contribution in [2.45, 2.75) is 74.8 Å². The number of rotatable bonds is 7. The first-order valence-electron chi connectivity index (χ1n) is 17.4. The first kappa shape index (κ1) is 36.9. The van der Waals surface area contributed by atoms with Gasteiger partial charge in [-0.25, -0.2) is 18.0 Å². The molecule has 0 unspecified atom stereocenters. The maximum atomic E-state index is 14.0. The number of likely N-dealkylation sites (tertiary alicyclic amines) is 3. The van der Waals surface area contributed by atoms with Crippen LogP contribution < -0.4 is 5.32 Å². The van der Waals surface area contributed by atoms with Gasteiger partial charge < -0.3 is 34.8 Å². The minimum absolute atomic E-state index is 0.0176. The number of hydrogen-bond acceptors (Lipinski definition) is 8. The molecule has 4 aliphatic heterocycles. The van der Waals surface area contributed by atoms with Crippen molar-refractivity contribution in [3.63, 3.8) is 0 Å². The van der Waals surface area contributed by atoms with Gasteiger partial charge in [0.15, 0.2) is 6.10 Å². The molecule has 2 N–H and O–H groups in total. The first-order chi connectivity index (χ1) is 23.9. The fraction of sp³-hybridized carbons (Fsp3) is 0.571. The van der Waals surface area contributed by atoms with Gasteiger partial charge in [-0.05, 0) is 119 Å². The SMILES string of the molecule is CS(=O)(=O)C1CCN(C2CCN(C(=O)[C@@H](Cc3cc(Br)c(O)c(Br)c3)OC(=O)N3CCC(N4CCc5ccccc5NC4=O)CC3)CC2)CC1. The highest BCUT2D eigenvalue weighted by Crippen LogP contribution is 2.34. The largest absolute Gasteiger partial charge is 0.506 e. The van der Waals surface area contributed by atoms with Crippen molar-refractivity contribution in [1.29, 1.82) is 0 Å². The molecule has 6 rings (SSSR count). The molecule has 50 heavy (non-hydrogen) atoms. The van der Waals surface area contributed by atoms with Crippen LogP contribution in [0.5, 0.6) is 5.75 Å². The molecule has 0 aromatic heterocycles. The van der Waals surface area contributed by atoms with E-state index in [1.807, 2.05) is 29.2 Å². The molecule has 12 nitrogen and oxygen atoms in total. The topological polar surface area (TPSA) is 140 Å². The molecule has 0 radical (unpaired) electrons. The zero-order valence-electron chi connectivity index (χ0n) is 28.2. The van der Waals surface area contributed by atoms with Gasteiger partial charge in [-0.2, -0.15) is 0 Å². The van der Waals surface area contributed by atoms with Crippen LogP contribution in [0.2, 0.25) is 0 Å². The molecular weight excluding hydrogens is 794 g/mol. The smallest absolute Gasteiger partial charge is 0.410 e. The van der Waals surface area contributed by atoms with Gasteiger partial charge in [0.25, 0.3) is 5.91 Å². The van der Waals surface area contributed by atoms with Gasteiger partial charge in [0.2, 0.25) is 0 Å². The van der Waals surface area contributed by atoms with Crippen LogP contribution in [0.4, 0.5) is 15.3 Å². The minimum atomic E-state index is -3.04. The number of aromatic hydroxyl groups is 1. The van der Waals surface area contributed by atoms with Crippen LogP contribution in [0, 0.1) is 0 Å². The number of amides is 4. The van der Waals surface area contributed by atoms with Gasteiger partial charge in [0, 0.05) is 63.2 Å².